The molecule has 0 bridgehead atoms. The molecule has 0 N–H and O–H groups in total. The molecular weight excluding hydrogens is 322 g/mol. The fraction of sp³-hybridized carbons (Fsp3) is 0.316. The number of aryl methyl sites for hydroxylation is 3. The van der Waals surface area contributed by atoms with Gasteiger partial charge >= 0.3 is 5.69 Å². The fourth-order valence-electron chi connectivity index (χ4n) is 2.56. The van der Waals surface area contributed by atoms with E-state index in [9.17, 15) is 14.9 Å². The van der Waals surface area contributed by atoms with Crippen molar-refractivity contribution < 1.29 is 19.2 Å². The minimum Gasteiger partial charge on any atom is -0.496 e. The number of carbonyl (C=O) groups is 1. The summed E-state index contributed by atoms with van der Waals surface area (Å²) in [6, 6.07) is 8.04. The number of ether oxygens (including phenoxy) is 2. The van der Waals surface area contributed by atoms with Crippen LogP contribution in [0.15, 0.2) is 30.3 Å². The van der Waals surface area contributed by atoms with Crippen LogP contribution in [-0.4, -0.2) is 23.9 Å². The zero-order valence-corrected chi connectivity index (χ0v) is 15.0. The molecule has 0 aliphatic heterocycles. The van der Waals surface area contributed by atoms with E-state index in [1.54, 1.807) is 13.0 Å². The molecule has 2 aromatic carbocycles. The van der Waals surface area contributed by atoms with E-state index in [0.717, 1.165) is 16.7 Å². The SMILES string of the molecule is COc1ccc(O[C@H](C)C(=O)c2cc(C)c(C)cc2C)c([N+](=O)[O-])c1. The van der Waals surface area contributed by atoms with E-state index in [-0.39, 0.29) is 17.2 Å². The Morgan fingerprint density at radius 1 is 1.08 bits per heavy atom. The molecule has 6 heteroatoms. The zero-order valence-electron chi connectivity index (χ0n) is 15.0. The molecule has 6 nitrogen and oxygen atoms in total. The Hall–Kier alpha value is -2.89. The van der Waals surface area contributed by atoms with Crippen LogP contribution in [0.1, 0.15) is 34.0 Å². The first-order chi connectivity index (χ1) is 11.7. The number of rotatable bonds is 6. The third-order valence-corrected chi connectivity index (χ3v) is 4.14. The van der Waals surface area contributed by atoms with Crippen molar-refractivity contribution in [2.24, 2.45) is 0 Å². The zero-order chi connectivity index (χ0) is 18.7. The van der Waals surface area contributed by atoms with E-state index in [0.29, 0.717) is 11.3 Å². The molecule has 2 aromatic rings. The van der Waals surface area contributed by atoms with Crippen molar-refractivity contribution in [3.63, 3.8) is 0 Å². The summed E-state index contributed by atoms with van der Waals surface area (Å²) in [7, 11) is 1.42. The highest BCUT2D eigenvalue weighted by Gasteiger charge is 2.24. The third kappa shape index (κ3) is 3.96. The number of benzene rings is 2. The lowest BCUT2D eigenvalue weighted by Gasteiger charge is -2.16. The molecule has 132 valence electrons. The summed E-state index contributed by atoms with van der Waals surface area (Å²) in [5.41, 5.74) is 3.29. The first kappa shape index (κ1) is 18.4. The summed E-state index contributed by atoms with van der Waals surface area (Å²) in [6.07, 6.45) is -0.854. The van der Waals surface area contributed by atoms with Crippen LogP contribution in [0.3, 0.4) is 0 Å². The van der Waals surface area contributed by atoms with Gasteiger partial charge < -0.3 is 9.47 Å². The van der Waals surface area contributed by atoms with Crippen LogP contribution in [0.25, 0.3) is 0 Å². The molecule has 25 heavy (non-hydrogen) atoms. The Balaban J connectivity index is 2.31. The van der Waals surface area contributed by atoms with Crippen molar-refractivity contribution in [2.75, 3.05) is 7.11 Å². The van der Waals surface area contributed by atoms with Gasteiger partial charge in [0.05, 0.1) is 18.1 Å². The van der Waals surface area contributed by atoms with E-state index >= 15 is 0 Å². The van der Waals surface area contributed by atoms with E-state index in [4.69, 9.17) is 9.47 Å². The number of hydrogen-bond donors (Lipinski definition) is 0. The van der Waals surface area contributed by atoms with Crippen molar-refractivity contribution in [3.05, 3.63) is 62.7 Å². The molecule has 1 atom stereocenters. The molecule has 0 spiro atoms. The van der Waals surface area contributed by atoms with Crippen molar-refractivity contribution in [2.45, 2.75) is 33.8 Å². The van der Waals surface area contributed by atoms with Crippen molar-refractivity contribution >= 4 is 11.5 Å². The Bertz CT molecular complexity index is 829. The first-order valence-electron chi connectivity index (χ1n) is 7.85. The topological polar surface area (TPSA) is 78.7 Å². The van der Waals surface area contributed by atoms with Gasteiger partial charge in [0.1, 0.15) is 5.75 Å². The summed E-state index contributed by atoms with van der Waals surface area (Å²) >= 11 is 0. The normalized spacial score (nSPS) is 11.7. The predicted molar refractivity (Wildman–Crippen MR) is 94.7 cm³/mol. The monoisotopic (exact) mass is 343 g/mol. The molecule has 0 aromatic heterocycles. The third-order valence-electron chi connectivity index (χ3n) is 4.14. The molecule has 2 rings (SSSR count). The van der Waals surface area contributed by atoms with E-state index in [2.05, 4.69) is 0 Å². The standard InChI is InChI=1S/C19H21NO5/c1-11-8-13(3)16(9-12(11)2)19(21)14(4)25-18-7-6-15(24-5)10-17(18)20(22)23/h6-10,14H,1-5H3/t14-/m1/s1. The molecule has 0 fully saturated rings. The summed E-state index contributed by atoms with van der Waals surface area (Å²) in [6.45, 7) is 7.37. The van der Waals surface area contributed by atoms with Crippen LogP contribution >= 0.6 is 0 Å². The van der Waals surface area contributed by atoms with Crippen molar-refractivity contribution in [1.82, 2.24) is 0 Å². The van der Waals surface area contributed by atoms with Gasteiger partial charge in [0.25, 0.3) is 0 Å². The average molecular weight is 343 g/mol. The van der Waals surface area contributed by atoms with Crippen molar-refractivity contribution in [1.29, 1.82) is 0 Å². The molecule has 0 heterocycles. The molecule has 0 saturated heterocycles. The van der Waals surface area contributed by atoms with Gasteiger partial charge in [-0.25, -0.2) is 0 Å². The Morgan fingerprint density at radius 3 is 2.32 bits per heavy atom. The van der Waals surface area contributed by atoms with Crippen LogP contribution in [0.5, 0.6) is 11.5 Å². The molecular formula is C19H21NO5. The second-order valence-corrected chi connectivity index (χ2v) is 5.97. The molecule has 0 amide bonds. The predicted octanol–water partition coefficient (Wildman–Crippen LogP) is 4.18. The maximum atomic E-state index is 12.7. The minimum absolute atomic E-state index is 0.0353. The van der Waals surface area contributed by atoms with Crippen LogP contribution in [-0.2, 0) is 0 Å². The second kappa shape index (κ2) is 7.34. The number of carbonyl (C=O) groups excluding carboxylic acids is 1. The largest absolute Gasteiger partial charge is 0.496 e. The minimum atomic E-state index is -0.854. The number of ketones is 1. The van der Waals surface area contributed by atoms with E-state index in [1.165, 1.54) is 19.2 Å². The Morgan fingerprint density at radius 2 is 1.72 bits per heavy atom. The van der Waals surface area contributed by atoms with Gasteiger partial charge in [-0.3, -0.25) is 14.9 Å². The number of nitro groups is 1. The number of nitrogens with zero attached hydrogens (tertiary/aromatic N) is 1. The van der Waals surface area contributed by atoms with Gasteiger partial charge in [-0.2, -0.15) is 0 Å². The highest BCUT2D eigenvalue weighted by atomic mass is 16.6. The Labute approximate surface area is 146 Å². The highest BCUT2D eigenvalue weighted by Crippen LogP contribution is 2.32. The first-order valence-corrected chi connectivity index (χ1v) is 7.85. The molecule has 0 saturated carbocycles. The smallest absolute Gasteiger partial charge is 0.314 e. The summed E-state index contributed by atoms with van der Waals surface area (Å²) in [4.78, 5) is 23.4. The maximum Gasteiger partial charge on any atom is 0.314 e. The van der Waals surface area contributed by atoms with Gasteiger partial charge in [0.15, 0.2) is 11.9 Å². The molecule has 0 aliphatic carbocycles. The van der Waals surface area contributed by atoms with Crippen LogP contribution in [0.2, 0.25) is 0 Å². The average Bonchev–Trinajstić information content (AvgIpc) is 2.57. The molecule has 0 aliphatic rings. The lowest BCUT2D eigenvalue weighted by atomic mass is 9.96. The van der Waals surface area contributed by atoms with Gasteiger partial charge in [0.2, 0.25) is 5.78 Å². The van der Waals surface area contributed by atoms with Gasteiger partial charge in [-0.1, -0.05) is 6.07 Å². The molecule has 0 radical (unpaired) electrons. The van der Waals surface area contributed by atoms with E-state index < -0.39 is 11.0 Å². The number of hydrogen-bond acceptors (Lipinski definition) is 5. The second-order valence-electron chi connectivity index (χ2n) is 5.97. The quantitative estimate of drug-likeness (QED) is 0.447. The lowest BCUT2D eigenvalue weighted by Crippen LogP contribution is -2.25. The van der Waals surface area contributed by atoms with Gasteiger partial charge in [-0.15, -0.1) is 0 Å². The molecule has 0 unspecified atom stereocenters. The summed E-state index contributed by atoms with van der Waals surface area (Å²) < 4.78 is 10.6. The van der Waals surface area contributed by atoms with Crippen LogP contribution in [0, 0.1) is 30.9 Å². The fourth-order valence-corrected chi connectivity index (χ4v) is 2.56. The summed E-state index contributed by atoms with van der Waals surface area (Å²) in [5.74, 6) is 0.168. The number of nitro benzene ring substituents is 1. The summed E-state index contributed by atoms with van der Waals surface area (Å²) in [5, 5.41) is 11.2. The highest BCUT2D eigenvalue weighted by molar-refractivity contribution is 6.01. The lowest BCUT2D eigenvalue weighted by molar-refractivity contribution is -0.386. The van der Waals surface area contributed by atoms with E-state index in [1.807, 2.05) is 32.9 Å². The van der Waals surface area contributed by atoms with Gasteiger partial charge in [0, 0.05) is 5.56 Å². The van der Waals surface area contributed by atoms with Crippen molar-refractivity contribution in [3.8, 4) is 11.5 Å². The Kier molecular flexibility index (Phi) is 5.41. The number of Topliss-reactive ketones (excluding diaryl/α,β-unsaturated/α-hetero) is 1. The maximum absolute atomic E-state index is 12.7. The van der Waals surface area contributed by atoms with Gasteiger partial charge in [-0.05, 0) is 62.6 Å². The number of methoxy groups -OCH3 is 1. The van der Waals surface area contributed by atoms with Crippen LogP contribution in [0.4, 0.5) is 5.69 Å². The van der Waals surface area contributed by atoms with Crippen LogP contribution < -0.4 is 9.47 Å².